The monoisotopic (exact) mass is 570 g/mol. The predicted octanol–water partition coefficient (Wildman–Crippen LogP) is 3.88. The molecule has 1 atom stereocenters. The Labute approximate surface area is 241 Å². The van der Waals surface area contributed by atoms with Crippen LogP contribution in [0.15, 0.2) is 53.2 Å². The molecule has 0 spiro atoms. The largest absolute Gasteiger partial charge is 0.394 e. The van der Waals surface area contributed by atoms with E-state index in [2.05, 4.69) is 30.7 Å². The average Bonchev–Trinajstić information content (AvgIpc) is 3.62. The van der Waals surface area contributed by atoms with E-state index in [1.165, 1.54) is 12.1 Å². The first-order valence-electron chi connectivity index (χ1n) is 14.1. The van der Waals surface area contributed by atoms with Gasteiger partial charge in [0.15, 0.2) is 5.82 Å². The molecule has 12 heteroatoms. The summed E-state index contributed by atoms with van der Waals surface area (Å²) in [7, 11) is 1.74. The Morgan fingerprint density at radius 3 is 2.55 bits per heavy atom. The van der Waals surface area contributed by atoms with Gasteiger partial charge in [0.2, 0.25) is 0 Å². The number of nitrogens with zero attached hydrogens (tertiary/aromatic N) is 6. The molecule has 3 aromatic heterocycles. The number of aliphatic hydroxyl groups excluding tert-OH is 1. The fourth-order valence-electron chi connectivity index (χ4n) is 6.16. The Balaban J connectivity index is 1.22. The first-order chi connectivity index (χ1) is 20.4. The molecule has 2 bridgehead atoms. The zero-order valence-corrected chi connectivity index (χ0v) is 23.2. The molecule has 4 aliphatic heterocycles. The van der Waals surface area contributed by atoms with Gasteiger partial charge in [0.25, 0.3) is 11.8 Å². The molecule has 3 fully saturated rings. The first kappa shape index (κ1) is 26.5. The third-order valence-electron chi connectivity index (χ3n) is 8.73. The van der Waals surface area contributed by atoms with Crippen LogP contribution in [-0.2, 0) is 12.0 Å². The van der Waals surface area contributed by atoms with Crippen LogP contribution in [0.4, 0.5) is 21.7 Å². The van der Waals surface area contributed by atoms with Crippen LogP contribution in [0, 0.1) is 5.82 Å². The molecule has 1 amide bonds. The maximum absolute atomic E-state index is 13.6. The minimum absolute atomic E-state index is 0.0499. The molecule has 0 radical (unpaired) electrons. The quantitative estimate of drug-likeness (QED) is 0.287. The molecule has 216 valence electrons. The van der Waals surface area contributed by atoms with E-state index >= 15 is 0 Å². The molecule has 4 aromatic rings. The van der Waals surface area contributed by atoms with E-state index in [4.69, 9.17) is 9.51 Å². The summed E-state index contributed by atoms with van der Waals surface area (Å²) in [5, 5.41) is 21.3. The zero-order chi connectivity index (χ0) is 28.8. The van der Waals surface area contributed by atoms with Gasteiger partial charge in [0.05, 0.1) is 41.7 Å². The number of carbonyl (C=O) groups is 1. The van der Waals surface area contributed by atoms with E-state index in [0.29, 0.717) is 52.1 Å². The summed E-state index contributed by atoms with van der Waals surface area (Å²) < 4.78 is 19.4. The predicted molar refractivity (Wildman–Crippen MR) is 153 cm³/mol. The molecule has 3 saturated heterocycles. The van der Waals surface area contributed by atoms with Crippen LogP contribution in [0.5, 0.6) is 0 Å². The number of hydrogen-bond donors (Lipinski definition) is 3. The van der Waals surface area contributed by atoms with Crippen LogP contribution in [0.25, 0.3) is 11.5 Å². The third-order valence-corrected chi connectivity index (χ3v) is 8.73. The van der Waals surface area contributed by atoms with Gasteiger partial charge in [-0.05, 0) is 68.7 Å². The van der Waals surface area contributed by atoms with Crippen LogP contribution >= 0.6 is 0 Å². The Morgan fingerprint density at radius 2 is 1.81 bits per heavy atom. The van der Waals surface area contributed by atoms with E-state index in [1.807, 2.05) is 0 Å². The minimum atomic E-state index is -0.539. The number of pyridine rings is 2. The van der Waals surface area contributed by atoms with Gasteiger partial charge in [-0.1, -0.05) is 17.3 Å². The summed E-state index contributed by atoms with van der Waals surface area (Å²) in [4.78, 5) is 30.4. The molecule has 4 aliphatic rings. The topological polar surface area (TPSA) is 133 Å². The Bertz CT molecular complexity index is 1620. The van der Waals surface area contributed by atoms with Gasteiger partial charge < -0.3 is 30.1 Å². The maximum Gasteiger partial charge on any atom is 0.261 e. The number of benzene rings is 1. The third kappa shape index (κ3) is 4.76. The number of aromatic nitrogens is 4. The second kappa shape index (κ2) is 10.4. The van der Waals surface area contributed by atoms with Crippen molar-refractivity contribution in [2.75, 3.05) is 43.9 Å². The van der Waals surface area contributed by atoms with Gasteiger partial charge in [-0.3, -0.25) is 4.79 Å². The molecule has 42 heavy (non-hydrogen) atoms. The molecule has 11 nitrogen and oxygen atoms in total. The minimum Gasteiger partial charge on any atom is -0.394 e. The molecular formula is C30H31FN8O3. The van der Waals surface area contributed by atoms with Crippen LogP contribution in [0.2, 0.25) is 0 Å². The zero-order valence-electron chi connectivity index (χ0n) is 23.2. The van der Waals surface area contributed by atoms with Gasteiger partial charge in [-0.2, -0.15) is 4.98 Å². The summed E-state index contributed by atoms with van der Waals surface area (Å²) >= 11 is 0. The van der Waals surface area contributed by atoms with Crippen molar-refractivity contribution in [1.29, 1.82) is 0 Å². The molecule has 3 N–H and O–H groups in total. The van der Waals surface area contributed by atoms with Gasteiger partial charge in [0.1, 0.15) is 17.5 Å². The van der Waals surface area contributed by atoms with Crippen molar-refractivity contribution in [3.05, 3.63) is 77.1 Å². The van der Waals surface area contributed by atoms with Crippen molar-refractivity contribution in [3.63, 3.8) is 0 Å². The maximum atomic E-state index is 13.6. The normalized spacial score (nSPS) is 21.8. The fraction of sp³-hybridized carbons (Fsp3) is 0.367. The molecule has 8 rings (SSSR count). The van der Waals surface area contributed by atoms with Crippen molar-refractivity contribution < 1.29 is 18.8 Å². The summed E-state index contributed by atoms with van der Waals surface area (Å²) in [5.74, 6) is 1.69. The lowest BCUT2D eigenvalue weighted by molar-refractivity contribution is 0.0747. The molecule has 1 aromatic carbocycles. The number of rotatable bonds is 8. The molecule has 0 aliphatic carbocycles. The van der Waals surface area contributed by atoms with Crippen molar-refractivity contribution in [2.45, 2.75) is 37.3 Å². The number of piperidine rings is 3. The second-order valence-electron chi connectivity index (χ2n) is 11.3. The summed E-state index contributed by atoms with van der Waals surface area (Å²) in [5.41, 5.74) is 3.11. The van der Waals surface area contributed by atoms with Crippen LogP contribution in [-0.4, -0.2) is 74.2 Å². The lowest BCUT2D eigenvalue weighted by Gasteiger charge is -2.46. The smallest absolute Gasteiger partial charge is 0.261 e. The highest BCUT2D eigenvalue weighted by atomic mass is 19.1. The number of anilines is 3. The first-order valence-corrected chi connectivity index (χ1v) is 14.1. The number of aliphatic hydroxyl groups is 1. The van der Waals surface area contributed by atoms with Crippen molar-refractivity contribution in [2.24, 2.45) is 0 Å². The van der Waals surface area contributed by atoms with Crippen molar-refractivity contribution >= 4 is 23.2 Å². The molecule has 7 heterocycles. The number of amides is 1. The van der Waals surface area contributed by atoms with Gasteiger partial charge in [-0.15, -0.1) is 0 Å². The second-order valence-corrected chi connectivity index (χ2v) is 11.3. The summed E-state index contributed by atoms with van der Waals surface area (Å²) in [6, 6.07) is 10.7. The molecule has 0 unspecified atom stereocenters. The summed E-state index contributed by atoms with van der Waals surface area (Å²) in [6.45, 7) is 3.32. The average molecular weight is 571 g/mol. The number of nitrogens with one attached hydrogen (secondary N) is 2. The number of fused-ring (bicyclic) bond motifs is 4. The van der Waals surface area contributed by atoms with Gasteiger partial charge in [0, 0.05) is 24.7 Å². The molecular weight excluding hydrogens is 539 g/mol. The van der Waals surface area contributed by atoms with E-state index < -0.39 is 6.04 Å². The van der Waals surface area contributed by atoms with Crippen molar-refractivity contribution in [3.8, 4) is 11.5 Å². The van der Waals surface area contributed by atoms with Crippen molar-refractivity contribution in [1.82, 2.24) is 29.9 Å². The van der Waals surface area contributed by atoms with Crippen LogP contribution < -0.4 is 10.6 Å². The van der Waals surface area contributed by atoms with Crippen LogP contribution in [0.1, 0.15) is 52.7 Å². The van der Waals surface area contributed by atoms with E-state index in [0.717, 1.165) is 44.7 Å². The highest BCUT2D eigenvalue weighted by Gasteiger charge is 2.44. The Kier molecular flexibility index (Phi) is 6.59. The Hall–Kier alpha value is -4.42. The number of carbonyl (C=O) groups excluding carboxylic acids is 1. The number of hydrogen-bond acceptors (Lipinski definition) is 10. The van der Waals surface area contributed by atoms with E-state index in [-0.39, 0.29) is 23.7 Å². The van der Waals surface area contributed by atoms with Gasteiger partial charge in [-0.25, -0.2) is 14.4 Å². The fourth-order valence-corrected chi connectivity index (χ4v) is 6.16. The highest BCUT2D eigenvalue weighted by molar-refractivity contribution is 5.97. The highest BCUT2D eigenvalue weighted by Crippen LogP contribution is 2.42. The van der Waals surface area contributed by atoms with Gasteiger partial charge >= 0.3 is 0 Å². The van der Waals surface area contributed by atoms with E-state index in [1.54, 1.807) is 48.5 Å². The lowest BCUT2D eigenvalue weighted by atomic mass is 9.71. The molecule has 0 saturated carbocycles. The SMILES string of the molecule is CN1Cc2nc(Nc3cc(N[C@H](CO)c4ccc(F)cc4)c(-c4nc(C56CCN(CC5)CC6)no4)cn3)ccc2C1=O. The number of halogens is 1. The van der Waals surface area contributed by atoms with Crippen LogP contribution in [0.3, 0.4) is 0 Å². The lowest BCUT2D eigenvalue weighted by Crippen LogP contribution is -2.51. The van der Waals surface area contributed by atoms with E-state index in [9.17, 15) is 14.3 Å². The summed E-state index contributed by atoms with van der Waals surface area (Å²) in [6.07, 6.45) is 4.66. The standard InChI is InChI=1S/C30H31FN8O3/c1-38-16-23-20(28(38)41)6-7-25(34-23)35-26-14-22(33-24(17-40)18-2-4-19(31)5-3-18)21(15-32-26)27-36-29(37-42-27)30-8-11-39(12-9-30)13-10-30/h2-7,14-15,24,40H,8-13,16-17H2,1H3,(H2,32,33,34,35)/t24-/m1/s1. The Morgan fingerprint density at radius 1 is 1.05 bits per heavy atom.